The van der Waals surface area contributed by atoms with Gasteiger partial charge in [0.1, 0.15) is 5.75 Å². The number of para-hydroxylation sites is 1. The van der Waals surface area contributed by atoms with Crippen molar-refractivity contribution in [3.63, 3.8) is 0 Å². The summed E-state index contributed by atoms with van der Waals surface area (Å²) in [6.45, 7) is 3.97. The van der Waals surface area contributed by atoms with Crippen LogP contribution < -0.4 is 10.1 Å². The summed E-state index contributed by atoms with van der Waals surface area (Å²) in [7, 11) is 0. The van der Waals surface area contributed by atoms with Gasteiger partial charge in [-0.2, -0.15) is 0 Å². The second-order valence-corrected chi connectivity index (χ2v) is 7.12. The molecule has 0 aliphatic rings. The summed E-state index contributed by atoms with van der Waals surface area (Å²) in [5.41, 5.74) is 3.22. The van der Waals surface area contributed by atoms with Crippen molar-refractivity contribution in [2.75, 3.05) is 0 Å². The van der Waals surface area contributed by atoms with Crippen LogP contribution in [0.15, 0.2) is 78.9 Å². The number of hydrogen-bond acceptors (Lipinski definition) is 2. The van der Waals surface area contributed by atoms with Crippen molar-refractivity contribution in [1.82, 2.24) is 5.32 Å². The zero-order valence-electron chi connectivity index (χ0n) is 16.1. The van der Waals surface area contributed by atoms with Crippen LogP contribution in [0.3, 0.4) is 0 Å². The highest BCUT2D eigenvalue weighted by molar-refractivity contribution is 6.32. The molecule has 0 aromatic heterocycles. The molecule has 3 aromatic rings. The number of nitrogens with one attached hydrogen (secondary N) is 1. The summed E-state index contributed by atoms with van der Waals surface area (Å²) < 4.78 is 5.90. The standard InChI is InChI=1S/C24H24ClNO2/c1-3-21(28-22-12-8-7-11-20(22)25)24(27)26-23(18-9-5-4-6-10-18)19-15-13-17(2)14-16-19/h4-16,21,23H,3H2,1-2H3,(H,26,27)/t21-,23+/m1/s1. The predicted molar refractivity (Wildman–Crippen MR) is 114 cm³/mol. The van der Waals surface area contributed by atoms with Crippen molar-refractivity contribution < 1.29 is 9.53 Å². The summed E-state index contributed by atoms with van der Waals surface area (Å²) in [6.07, 6.45) is -0.0940. The molecule has 0 saturated heterocycles. The van der Waals surface area contributed by atoms with E-state index >= 15 is 0 Å². The van der Waals surface area contributed by atoms with E-state index in [0.717, 1.165) is 11.1 Å². The number of hydrogen-bond donors (Lipinski definition) is 1. The summed E-state index contributed by atoms with van der Waals surface area (Å²) in [4.78, 5) is 13.0. The number of benzene rings is 3. The average Bonchev–Trinajstić information content (AvgIpc) is 2.72. The molecule has 0 aliphatic carbocycles. The fraction of sp³-hybridized carbons (Fsp3) is 0.208. The Morgan fingerprint density at radius 2 is 1.54 bits per heavy atom. The smallest absolute Gasteiger partial charge is 0.261 e. The van der Waals surface area contributed by atoms with Gasteiger partial charge in [-0.05, 0) is 36.6 Å². The fourth-order valence-corrected chi connectivity index (χ4v) is 3.19. The van der Waals surface area contributed by atoms with Crippen molar-refractivity contribution >= 4 is 17.5 Å². The van der Waals surface area contributed by atoms with Crippen LogP contribution in [0.25, 0.3) is 0 Å². The Morgan fingerprint density at radius 3 is 2.18 bits per heavy atom. The zero-order chi connectivity index (χ0) is 19.9. The second kappa shape index (κ2) is 9.43. The van der Waals surface area contributed by atoms with Crippen LogP contribution in [0, 0.1) is 6.92 Å². The van der Waals surface area contributed by atoms with Crippen LogP contribution >= 0.6 is 11.6 Å². The summed E-state index contributed by atoms with van der Waals surface area (Å²) in [5.74, 6) is 0.342. The van der Waals surface area contributed by atoms with Gasteiger partial charge in [0, 0.05) is 0 Å². The van der Waals surface area contributed by atoms with Crippen molar-refractivity contribution in [1.29, 1.82) is 0 Å². The third-order valence-electron chi connectivity index (χ3n) is 4.60. The van der Waals surface area contributed by atoms with E-state index in [1.165, 1.54) is 5.56 Å². The lowest BCUT2D eigenvalue weighted by atomic mass is 9.97. The number of aryl methyl sites for hydroxylation is 1. The first-order valence-electron chi connectivity index (χ1n) is 9.41. The molecular weight excluding hydrogens is 370 g/mol. The van der Waals surface area contributed by atoms with Crippen LogP contribution in [0.5, 0.6) is 5.75 Å². The maximum Gasteiger partial charge on any atom is 0.261 e. The van der Waals surface area contributed by atoms with E-state index in [1.807, 2.05) is 68.4 Å². The molecule has 3 rings (SSSR count). The Hall–Kier alpha value is -2.78. The number of ether oxygens (including phenoxy) is 1. The highest BCUT2D eigenvalue weighted by atomic mass is 35.5. The Labute approximate surface area is 171 Å². The molecule has 3 aromatic carbocycles. The molecule has 0 heterocycles. The Balaban J connectivity index is 1.83. The van der Waals surface area contributed by atoms with Crippen LogP contribution in [0.2, 0.25) is 5.02 Å². The molecule has 0 bridgehead atoms. The average molecular weight is 394 g/mol. The lowest BCUT2D eigenvalue weighted by molar-refractivity contribution is -0.128. The number of carbonyl (C=O) groups is 1. The Bertz CT molecular complexity index is 909. The van der Waals surface area contributed by atoms with Gasteiger partial charge in [0.15, 0.2) is 6.10 Å². The van der Waals surface area contributed by atoms with E-state index in [2.05, 4.69) is 17.4 Å². The van der Waals surface area contributed by atoms with E-state index in [4.69, 9.17) is 16.3 Å². The SMILES string of the molecule is CC[C@@H](Oc1ccccc1Cl)C(=O)N[C@@H](c1ccccc1)c1ccc(C)cc1. The third kappa shape index (κ3) is 4.93. The van der Waals surface area contributed by atoms with Crippen LogP contribution in [-0.4, -0.2) is 12.0 Å². The van der Waals surface area contributed by atoms with E-state index < -0.39 is 6.10 Å². The van der Waals surface area contributed by atoms with E-state index in [9.17, 15) is 4.79 Å². The number of amides is 1. The predicted octanol–water partition coefficient (Wildman–Crippen LogP) is 5.71. The molecule has 4 heteroatoms. The van der Waals surface area contributed by atoms with Gasteiger partial charge in [0.05, 0.1) is 11.1 Å². The zero-order valence-corrected chi connectivity index (χ0v) is 16.8. The van der Waals surface area contributed by atoms with E-state index in [1.54, 1.807) is 12.1 Å². The van der Waals surface area contributed by atoms with E-state index in [-0.39, 0.29) is 11.9 Å². The van der Waals surface area contributed by atoms with Gasteiger partial charge >= 0.3 is 0 Å². The minimum atomic E-state index is -0.628. The van der Waals surface area contributed by atoms with Crippen molar-refractivity contribution in [3.05, 3.63) is 101 Å². The van der Waals surface area contributed by atoms with Crippen molar-refractivity contribution in [2.24, 2.45) is 0 Å². The van der Waals surface area contributed by atoms with Crippen LogP contribution in [0.4, 0.5) is 0 Å². The minimum Gasteiger partial charge on any atom is -0.479 e. The number of rotatable bonds is 7. The van der Waals surface area contributed by atoms with Gasteiger partial charge in [-0.15, -0.1) is 0 Å². The quantitative estimate of drug-likeness (QED) is 0.558. The lowest BCUT2D eigenvalue weighted by Crippen LogP contribution is -2.40. The molecule has 1 N–H and O–H groups in total. The van der Waals surface area contributed by atoms with E-state index in [0.29, 0.717) is 17.2 Å². The summed E-state index contributed by atoms with van der Waals surface area (Å²) >= 11 is 6.19. The highest BCUT2D eigenvalue weighted by Gasteiger charge is 2.24. The van der Waals surface area contributed by atoms with Crippen molar-refractivity contribution in [2.45, 2.75) is 32.4 Å². The Kier molecular flexibility index (Phi) is 6.72. The van der Waals surface area contributed by atoms with Gasteiger partial charge in [0.2, 0.25) is 0 Å². The lowest BCUT2D eigenvalue weighted by Gasteiger charge is -2.24. The van der Waals surface area contributed by atoms with Gasteiger partial charge in [-0.1, -0.05) is 90.8 Å². The van der Waals surface area contributed by atoms with Gasteiger partial charge in [0.25, 0.3) is 5.91 Å². The van der Waals surface area contributed by atoms with Gasteiger partial charge < -0.3 is 10.1 Å². The molecule has 0 saturated carbocycles. The largest absolute Gasteiger partial charge is 0.479 e. The summed E-state index contributed by atoms with van der Waals surface area (Å²) in [5, 5.41) is 3.65. The fourth-order valence-electron chi connectivity index (χ4n) is 3.01. The molecule has 0 radical (unpaired) electrons. The normalized spacial score (nSPS) is 12.8. The van der Waals surface area contributed by atoms with Crippen LogP contribution in [-0.2, 0) is 4.79 Å². The summed E-state index contributed by atoms with van der Waals surface area (Å²) in [6, 6.07) is 25.1. The molecule has 3 nitrogen and oxygen atoms in total. The molecule has 2 atom stereocenters. The Morgan fingerprint density at radius 1 is 0.929 bits per heavy atom. The molecule has 0 fully saturated rings. The monoisotopic (exact) mass is 393 g/mol. The second-order valence-electron chi connectivity index (χ2n) is 6.71. The molecule has 1 amide bonds. The first-order valence-corrected chi connectivity index (χ1v) is 9.79. The van der Waals surface area contributed by atoms with Crippen LogP contribution in [0.1, 0.15) is 36.1 Å². The first kappa shape index (κ1) is 20.0. The molecule has 144 valence electrons. The van der Waals surface area contributed by atoms with Gasteiger partial charge in [-0.25, -0.2) is 0 Å². The third-order valence-corrected chi connectivity index (χ3v) is 4.91. The van der Waals surface area contributed by atoms with Gasteiger partial charge in [-0.3, -0.25) is 4.79 Å². The molecule has 0 spiro atoms. The number of halogens is 1. The molecule has 28 heavy (non-hydrogen) atoms. The van der Waals surface area contributed by atoms with Crippen molar-refractivity contribution in [3.8, 4) is 5.75 Å². The maximum atomic E-state index is 13.0. The topological polar surface area (TPSA) is 38.3 Å². The maximum absolute atomic E-state index is 13.0. The molecule has 0 unspecified atom stereocenters. The first-order chi connectivity index (χ1) is 13.6. The molecular formula is C24H24ClNO2. The highest BCUT2D eigenvalue weighted by Crippen LogP contribution is 2.26. The molecule has 0 aliphatic heterocycles. The minimum absolute atomic E-state index is 0.170. The number of carbonyl (C=O) groups excluding carboxylic acids is 1.